The van der Waals surface area contributed by atoms with E-state index in [0.29, 0.717) is 6.07 Å². The largest absolute Gasteiger partial charge is 0.283 e. The molecule has 0 fully saturated rings. The second-order valence-electron chi connectivity index (χ2n) is 1.93. The van der Waals surface area contributed by atoms with Crippen LogP contribution in [-0.2, 0) is 0 Å². The minimum Gasteiger partial charge on any atom is -0.215 e. The lowest BCUT2D eigenvalue weighted by Crippen LogP contribution is -1.98. The van der Waals surface area contributed by atoms with E-state index in [1.165, 1.54) is 0 Å². The van der Waals surface area contributed by atoms with Gasteiger partial charge in [0.05, 0.1) is 4.47 Å². The quantitative estimate of drug-likeness (QED) is 0.546. The Morgan fingerprint density at radius 1 is 1.33 bits per heavy atom. The van der Waals surface area contributed by atoms with E-state index in [2.05, 4.69) is 20.9 Å². The molecule has 0 aliphatic carbocycles. The molecule has 0 N–H and O–H groups in total. The van der Waals surface area contributed by atoms with Crippen LogP contribution in [0.3, 0.4) is 0 Å². The van der Waals surface area contributed by atoms with Crippen LogP contribution < -0.4 is 0 Å². The highest BCUT2D eigenvalue weighted by Crippen LogP contribution is 2.23. The number of rotatable bonds is 1. The lowest BCUT2D eigenvalue weighted by molar-refractivity contribution is 0.139. The summed E-state index contributed by atoms with van der Waals surface area (Å²) in [4.78, 5) is 2.73. The molecular formula is C6H2BrF4N. The van der Waals surface area contributed by atoms with Crippen molar-refractivity contribution in [2.24, 2.45) is 0 Å². The Bertz CT molecular complexity index is 302. The number of alkyl halides is 2. The average Bonchev–Trinajstić information content (AvgIpc) is 1.96. The van der Waals surface area contributed by atoms with E-state index in [-0.39, 0.29) is 4.47 Å². The summed E-state index contributed by atoms with van der Waals surface area (Å²) in [5, 5.41) is 0. The van der Waals surface area contributed by atoms with E-state index >= 15 is 0 Å². The molecule has 0 atom stereocenters. The van der Waals surface area contributed by atoms with Crippen molar-refractivity contribution in [3.05, 3.63) is 28.0 Å². The minimum absolute atomic E-state index is 0.274. The van der Waals surface area contributed by atoms with Gasteiger partial charge in [-0.15, -0.1) is 0 Å². The van der Waals surface area contributed by atoms with Crippen molar-refractivity contribution in [1.82, 2.24) is 4.98 Å². The molecule has 0 spiro atoms. The van der Waals surface area contributed by atoms with Crippen molar-refractivity contribution in [1.29, 1.82) is 0 Å². The second kappa shape index (κ2) is 3.38. The molecule has 0 bridgehead atoms. The number of pyridine rings is 1. The Morgan fingerprint density at radius 2 is 1.92 bits per heavy atom. The maximum atomic E-state index is 12.5. The fourth-order valence-electron chi connectivity index (χ4n) is 0.610. The number of halogens is 5. The van der Waals surface area contributed by atoms with Gasteiger partial charge in [0, 0.05) is 0 Å². The maximum absolute atomic E-state index is 12.5. The highest BCUT2D eigenvalue weighted by Gasteiger charge is 2.17. The van der Waals surface area contributed by atoms with Crippen LogP contribution in [0.4, 0.5) is 17.6 Å². The molecule has 0 saturated heterocycles. The first-order valence-corrected chi connectivity index (χ1v) is 3.61. The van der Waals surface area contributed by atoms with Gasteiger partial charge in [-0.05, 0) is 22.0 Å². The third kappa shape index (κ3) is 1.74. The minimum atomic E-state index is -3.10. The SMILES string of the molecule is Fc1cc(Br)c(F)nc1C(F)F. The van der Waals surface area contributed by atoms with Gasteiger partial charge in [0.15, 0.2) is 5.82 Å². The second-order valence-corrected chi connectivity index (χ2v) is 2.78. The molecule has 6 heteroatoms. The molecule has 1 aromatic rings. The number of hydrogen-bond acceptors (Lipinski definition) is 1. The van der Waals surface area contributed by atoms with Crippen molar-refractivity contribution < 1.29 is 17.6 Å². The van der Waals surface area contributed by atoms with E-state index in [1.807, 2.05) is 0 Å². The summed E-state index contributed by atoms with van der Waals surface area (Å²) < 4.78 is 48.4. The Kier molecular flexibility index (Phi) is 2.66. The van der Waals surface area contributed by atoms with Crippen LogP contribution in [0.1, 0.15) is 12.1 Å². The van der Waals surface area contributed by atoms with Crippen molar-refractivity contribution >= 4 is 15.9 Å². The molecule has 1 rings (SSSR count). The topological polar surface area (TPSA) is 12.9 Å². The Morgan fingerprint density at radius 3 is 2.42 bits per heavy atom. The summed E-state index contributed by atoms with van der Waals surface area (Å²) in [7, 11) is 0. The zero-order valence-electron chi connectivity index (χ0n) is 5.49. The third-order valence-corrected chi connectivity index (χ3v) is 1.68. The van der Waals surface area contributed by atoms with Gasteiger partial charge in [0.2, 0.25) is 5.95 Å². The lowest BCUT2D eigenvalue weighted by atomic mass is 10.3. The normalized spacial score (nSPS) is 10.8. The van der Waals surface area contributed by atoms with Gasteiger partial charge < -0.3 is 0 Å². The maximum Gasteiger partial charge on any atom is 0.283 e. The standard InChI is InChI=1S/C6H2BrF4N/c7-2-1-3(8)4(5(9)10)12-6(2)11/h1,5H. The first-order chi connectivity index (χ1) is 5.52. The summed E-state index contributed by atoms with van der Waals surface area (Å²) in [6.07, 6.45) is -3.10. The summed E-state index contributed by atoms with van der Waals surface area (Å²) >= 11 is 2.61. The molecule has 1 aromatic heterocycles. The van der Waals surface area contributed by atoms with Gasteiger partial charge in [-0.25, -0.2) is 18.2 Å². The Labute approximate surface area is 73.5 Å². The van der Waals surface area contributed by atoms with Gasteiger partial charge in [-0.3, -0.25) is 0 Å². The van der Waals surface area contributed by atoms with Crippen LogP contribution in [0, 0.1) is 11.8 Å². The van der Waals surface area contributed by atoms with E-state index < -0.39 is 23.9 Å². The first-order valence-electron chi connectivity index (χ1n) is 2.82. The first kappa shape index (κ1) is 9.44. The van der Waals surface area contributed by atoms with Crippen LogP contribution in [0.15, 0.2) is 10.5 Å². The monoisotopic (exact) mass is 243 g/mol. The number of hydrogen-bond donors (Lipinski definition) is 0. The number of aromatic nitrogens is 1. The summed E-state index contributed by atoms with van der Waals surface area (Å²) in [5.41, 5.74) is -1.17. The van der Waals surface area contributed by atoms with E-state index in [4.69, 9.17) is 0 Å². The Balaban J connectivity index is 3.23. The van der Waals surface area contributed by atoms with Crippen LogP contribution in [0.25, 0.3) is 0 Å². The van der Waals surface area contributed by atoms with Crippen LogP contribution in [-0.4, -0.2) is 4.98 Å². The fraction of sp³-hybridized carbons (Fsp3) is 0.167. The molecule has 0 unspecified atom stereocenters. The molecule has 0 aromatic carbocycles. The van der Waals surface area contributed by atoms with Gasteiger partial charge >= 0.3 is 0 Å². The summed E-state index contributed by atoms with van der Waals surface area (Å²) in [6.45, 7) is 0. The van der Waals surface area contributed by atoms with Gasteiger partial charge in [-0.2, -0.15) is 4.39 Å². The number of nitrogens with zero attached hydrogens (tertiary/aromatic N) is 1. The fourth-order valence-corrected chi connectivity index (χ4v) is 0.900. The Hall–Kier alpha value is -0.650. The molecule has 0 aliphatic heterocycles. The molecule has 0 radical (unpaired) electrons. The summed E-state index contributed by atoms with van der Waals surface area (Å²) in [5.74, 6) is -2.37. The lowest BCUT2D eigenvalue weighted by Gasteiger charge is -2.01. The highest BCUT2D eigenvalue weighted by atomic mass is 79.9. The van der Waals surface area contributed by atoms with E-state index in [1.54, 1.807) is 0 Å². The predicted octanol–water partition coefficient (Wildman–Crippen LogP) is 3.06. The van der Waals surface area contributed by atoms with Crippen molar-refractivity contribution in [3.8, 4) is 0 Å². The molecule has 0 saturated carbocycles. The average molecular weight is 244 g/mol. The smallest absolute Gasteiger partial charge is 0.215 e. The zero-order valence-corrected chi connectivity index (χ0v) is 7.08. The van der Waals surface area contributed by atoms with Crippen molar-refractivity contribution in [2.45, 2.75) is 6.43 Å². The van der Waals surface area contributed by atoms with Gasteiger partial charge in [0.1, 0.15) is 5.69 Å². The molecule has 0 amide bonds. The van der Waals surface area contributed by atoms with Crippen LogP contribution >= 0.6 is 15.9 Å². The van der Waals surface area contributed by atoms with Crippen molar-refractivity contribution in [3.63, 3.8) is 0 Å². The third-order valence-electron chi connectivity index (χ3n) is 1.12. The van der Waals surface area contributed by atoms with Crippen molar-refractivity contribution in [2.75, 3.05) is 0 Å². The van der Waals surface area contributed by atoms with E-state index in [0.717, 1.165) is 0 Å². The summed E-state index contributed by atoms with van der Waals surface area (Å²) in [6, 6.07) is 0.615. The molecular weight excluding hydrogens is 242 g/mol. The molecule has 66 valence electrons. The molecule has 1 heterocycles. The molecule has 1 nitrogen and oxygen atoms in total. The molecule has 0 aliphatic rings. The zero-order chi connectivity index (χ0) is 9.30. The highest BCUT2D eigenvalue weighted by molar-refractivity contribution is 9.10. The van der Waals surface area contributed by atoms with Gasteiger partial charge in [0.25, 0.3) is 6.43 Å². The van der Waals surface area contributed by atoms with E-state index in [9.17, 15) is 17.6 Å². The van der Waals surface area contributed by atoms with Crippen LogP contribution in [0.5, 0.6) is 0 Å². The predicted molar refractivity (Wildman–Crippen MR) is 36.8 cm³/mol. The molecule has 12 heavy (non-hydrogen) atoms. The van der Waals surface area contributed by atoms with Crippen LogP contribution in [0.2, 0.25) is 0 Å². The van der Waals surface area contributed by atoms with Gasteiger partial charge in [-0.1, -0.05) is 0 Å².